The summed E-state index contributed by atoms with van der Waals surface area (Å²) in [5.41, 5.74) is 6.57. The molecule has 25 heavy (non-hydrogen) atoms. The van der Waals surface area contributed by atoms with E-state index in [1.807, 2.05) is 83.4 Å². The van der Waals surface area contributed by atoms with E-state index in [4.69, 9.17) is 16.6 Å². The van der Waals surface area contributed by atoms with E-state index in [0.717, 1.165) is 28.3 Å². The van der Waals surface area contributed by atoms with E-state index in [-0.39, 0.29) is 0 Å². The molecule has 0 aliphatic carbocycles. The monoisotopic (exact) mass is 346 g/mol. The van der Waals surface area contributed by atoms with Crippen molar-refractivity contribution in [1.29, 1.82) is 0 Å². The minimum atomic E-state index is 0.671. The standard InChI is InChI=1S/C20H15ClN4/c21-17-11-5-4-10-16(17)20-23-18(19-12-6-7-13-25(19)20)14-22-24-15-8-2-1-3-9-15/h1-14,24H. The van der Waals surface area contributed by atoms with Crippen LogP contribution in [0.5, 0.6) is 0 Å². The lowest BCUT2D eigenvalue weighted by atomic mass is 10.2. The number of hydrogen-bond acceptors (Lipinski definition) is 3. The number of nitrogens with one attached hydrogen (secondary N) is 1. The highest BCUT2D eigenvalue weighted by molar-refractivity contribution is 6.33. The maximum Gasteiger partial charge on any atom is 0.146 e. The van der Waals surface area contributed by atoms with Gasteiger partial charge in [0.15, 0.2) is 0 Å². The van der Waals surface area contributed by atoms with Gasteiger partial charge in [-0.25, -0.2) is 4.98 Å². The number of rotatable bonds is 4. The fourth-order valence-electron chi connectivity index (χ4n) is 2.67. The largest absolute Gasteiger partial charge is 0.299 e. The molecule has 0 unspecified atom stereocenters. The summed E-state index contributed by atoms with van der Waals surface area (Å²) >= 11 is 6.35. The molecule has 4 rings (SSSR count). The topological polar surface area (TPSA) is 41.7 Å². The lowest BCUT2D eigenvalue weighted by Gasteiger charge is -2.02. The molecule has 2 aromatic heterocycles. The minimum Gasteiger partial charge on any atom is -0.299 e. The van der Waals surface area contributed by atoms with Crippen molar-refractivity contribution < 1.29 is 0 Å². The Bertz CT molecular complexity index is 1040. The summed E-state index contributed by atoms with van der Waals surface area (Å²) < 4.78 is 2.02. The van der Waals surface area contributed by atoms with Crippen LogP contribution < -0.4 is 5.43 Å². The third-order valence-corrected chi connectivity index (χ3v) is 4.18. The number of pyridine rings is 1. The van der Waals surface area contributed by atoms with Gasteiger partial charge in [0, 0.05) is 11.8 Å². The number of halogens is 1. The predicted octanol–water partition coefficient (Wildman–Crippen LogP) is 5.10. The number of fused-ring (bicyclic) bond motifs is 1. The molecule has 2 aromatic carbocycles. The fourth-order valence-corrected chi connectivity index (χ4v) is 2.89. The first-order valence-electron chi connectivity index (χ1n) is 7.89. The van der Waals surface area contributed by atoms with Gasteiger partial charge < -0.3 is 0 Å². The van der Waals surface area contributed by atoms with E-state index in [0.29, 0.717) is 5.02 Å². The zero-order chi connectivity index (χ0) is 17.1. The lowest BCUT2D eigenvalue weighted by molar-refractivity contribution is 1.16. The minimum absolute atomic E-state index is 0.671. The van der Waals surface area contributed by atoms with E-state index in [1.54, 1.807) is 6.21 Å². The van der Waals surface area contributed by atoms with Gasteiger partial charge in [-0.3, -0.25) is 9.83 Å². The molecule has 0 atom stereocenters. The van der Waals surface area contributed by atoms with Crippen LogP contribution in [-0.4, -0.2) is 15.6 Å². The number of para-hydroxylation sites is 1. The molecule has 2 heterocycles. The first-order chi connectivity index (χ1) is 12.3. The first-order valence-corrected chi connectivity index (χ1v) is 8.27. The summed E-state index contributed by atoms with van der Waals surface area (Å²) in [7, 11) is 0. The number of anilines is 1. The second kappa shape index (κ2) is 6.79. The molecule has 122 valence electrons. The van der Waals surface area contributed by atoms with Crippen molar-refractivity contribution in [2.75, 3.05) is 5.43 Å². The van der Waals surface area contributed by atoms with E-state index in [9.17, 15) is 0 Å². The molecule has 0 aliphatic rings. The Hall–Kier alpha value is -3.11. The number of hydrazone groups is 1. The van der Waals surface area contributed by atoms with Crippen molar-refractivity contribution in [2.45, 2.75) is 0 Å². The van der Waals surface area contributed by atoms with Crippen molar-refractivity contribution in [1.82, 2.24) is 9.38 Å². The number of aromatic nitrogens is 2. The molecule has 0 spiro atoms. The molecule has 0 amide bonds. The second-order valence-corrected chi connectivity index (χ2v) is 5.90. The van der Waals surface area contributed by atoms with Crippen LogP contribution >= 0.6 is 11.6 Å². The Morgan fingerprint density at radius 3 is 2.52 bits per heavy atom. The van der Waals surface area contributed by atoms with Crippen LogP contribution in [0.1, 0.15) is 5.69 Å². The third kappa shape index (κ3) is 3.12. The summed E-state index contributed by atoms with van der Waals surface area (Å²) in [5.74, 6) is 0.794. The zero-order valence-electron chi connectivity index (χ0n) is 13.3. The Morgan fingerprint density at radius 1 is 0.920 bits per heavy atom. The van der Waals surface area contributed by atoms with E-state index < -0.39 is 0 Å². The highest BCUT2D eigenvalue weighted by Gasteiger charge is 2.13. The number of benzene rings is 2. The van der Waals surface area contributed by atoms with Gasteiger partial charge >= 0.3 is 0 Å². The summed E-state index contributed by atoms with van der Waals surface area (Å²) in [6, 6.07) is 23.5. The number of nitrogens with zero attached hydrogens (tertiary/aromatic N) is 3. The quantitative estimate of drug-likeness (QED) is 0.412. The fraction of sp³-hybridized carbons (Fsp3) is 0. The predicted molar refractivity (Wildman–Crippen MR) is 103 cm³/mol. The van der Waals surface area contributed by atoms with Gasteiger partial charge in [-0.05, 0) is 36.4 Å². The summed E-state index contributed by atoms with van der Waals surface area (Å²) in [6.07, 6.45) is 3.70. The van der Waals surface area contributed by atoms with Crippen LogP contribution in [0.15, 0.2) is 84.1 Å². The van der Waals surface area contributed by atoms with Crippen LogP contribution in [0.25, 0.3) is 16.9 Å². The highest BCUT2D eigenvalue weighted by Crippen LogP contribution is 2.28. The molecule has 0 radical (unpaired) electrons. The van der Waals surface area contributed by atoms with Crippen LogP contribution in [0, 0.1) is 0 Å². The van der Waals surface area contributed by atoms with Gasteiger partial charge in [0.05, 0.1) is 22.4 Å². The van der Waals surface area contributed by atoms with Gasteiger partial charge in [-0.1, -0.05) is 48.0 Å². The van der Waals surface area contributed by atoms with Crippen molar-refractivity contribution in [3.05, 3.63) is 89.7 Å². The molecule has 4 aromatic rings. The van der Waals surface area contributed by atoms with E-state index in [1.165, 1.54) is 0 Å². The lowest BCUT2D eigenvalue weighted by Crippen LogP contribution is -1.91. The number of hydrogen-bond donors (Lipinski definition) is 1. The average Bonchev–Trinajstić information content (AvgIpc) is 3.02. The van der Waals surface area contributed by atoms with Gasteiger partial charge in [0.2, 0.25) is 0 Å². The molecule has 4 nitrogen and oxygen atoms in total. The SMILES string of the molecule is Clc1ccccc1-c1nc(C=NNc2ccccc2)c2ccccn12. The van der Waals surface area contributed by atoms with E-state index in [2.05, 4.69) is 10.5 Å². The Balaban J connectivity index is 1.74. The molecule has 0 fully saturated rings. The van der Waals surface area contributed by atoms with Crippen molar-refractivity contribution in [3.63, 3.8) is 0 Å². The zero-order valence-corrected chi connectivity index (χ0v) is 14.1. The molecule has 5 heteroatoms. The maximum atomic E-state index is 6.35. The van der Waals surface area contributed by atoms with Gasteiger partial charge in [-0.15, -0.1) is 0 Å². The average molecular weight is 347 g/mol. The van der Waals surface area contributed by atoms with Crippen LogP contribution in [0.2, 0.25) is 5.02 Å². The molecule has 0 bridgehead atoms. The maximum absolute atomic E-state index is 6.35. The first kappa shape index (κ1) is 15.4. The van der Waals surface area contributed by atoms with E-state index >= 15 is 0 Å². The summed E-state index contributed by atoms with van der Waals surface area (Å²) in [5, 5.41) is 4.98. The van der Waals surface area contributed by atoms with Crippen LogP contribution in [-0.2, 0) is 0 Å². The summed E-state index contributed by atoms with van der Waals surface area (Å²) in [4.78, 5) is 4.74. The molecular formula is C20H15ClN4. The second-order valence-electron chi connectivity index (χ2n) is 5.49. The Morgan fingerprint density at radius 2 is 1.68 bits per heavy atom. The van der Waals surface area contributed by atoms with Crippen molar-refractivity contribution in [3.8, 4) is 11.4 Å². The summed E-state index contributed by atoms with van der Waals surface area (Å²) in [6.45, 7) is 0. The molecule has 0 saturated heterocycles. The molecule has 1 N–H and O–H groups in total. The normalized spacial score (nSPS) is 11.2. The molecular weight excluding hydrogens is 332 g/mol. The molecule has 0 aliphatic heterocycles. The van der Waals surface area contributed by atoms with Gasteiger partial charge in [0.1, 0.15) is 11.5 Å². The third-order valence-electron chi connectivity index (χ3n) is 3.85. The molecule has 0 saturated carbocycles. The Labute approximate surface area is 150 Å². The highest BCUT2D eigenvalue weighted by atomic mass is 35.5. The van der Waals surface area contributed by atoms with Crippen LogP contribution in [0.4, 0.5) is 5.69 Å². The van der Waals surface area contributed by atoms with Crippen molar-refractivity contribution >= 4 is 29.0 Å². The van der Waals surface area contributed by atoms with Crippen LogP contribution in [0.3, 0.4) is 0 Å². The Kier molecular flexibility index (Phi) is 4.19. The van der Waals surface area contributed by atoms with Crippen molar-refractivity contribution in [2.24, 2.45) is 5.10 Å². The smallest absolute Gasteiger partial charge is 0.146 e. The van der Waals surface area contributed by atoms with Gasteiger partial charge in [0.25, 0.3) is 0 Å². The number of imidazole rings is 1. The van der Waals surface area contributed by atoms with Gasteiger partial charge in [-0.2, -0.15) is 5.10 Å².